The minimum absolute atomic E-state index is 0.202. The zero-order chi connectivity index (χ0) is 21.2. The van der Waals surface area contributed by atoms with Crippen LogP contribution in [0.1, 0.15) is 5.56 Å². The van der Waals surface area contributed by atoms with Crippen molar-refractivity contribution in [1.82, 2.24) is 20.0 Å². The molecular weight excluding hydrogens is 390 g/mol. The Balaban J connectivity index is 1.46. The first-order valence-corrected chi connectivity index (χ1v) is 9.78. The van der Waals surface area contributed by atoms with Crippen molar-refractivity contribution in [2.45, 2.75) is 6.54 Å². The highest BCUT2D eigenvalue weighted by atomic mass is 16.5. The van der Waals surface area contributed by atoms with Crippen molar-refractivity contribution < 1.29 is 9.84 Å². The molecule has 0 fully saturated rings. The Labute approximate surface area is 178 Å². The van der Waals surface area contributed by atoms with Crippen LogP contribution in [0, 0.1) is 0 Å². The third kappa shape index (κ3) is 3.82. The molecule has 5 aromatic rings. The average Bonchev–Trinajstić information content (AvgIpc) is 3.30. The monoisotopic (exact) mass is 409 g/mol. The summed E-state index contributed by atoms with van der Waals surface area (Å²) in [4.78, 5) is 4.75. The molecule has 2 heterocycles. The molecule has 152 valence electrons. The SMILES string of the molecule is NCc1cccc(Oc2cccc3nc(-c4cn(-c5ccc(O)cc5)nn4)ccc23)c1. The van der Waals surface area contributed by atoms with Crippen LogP contribution in [0.25, 0.3) is 28.0 Å². The zero-order valence-electron chi connectivity index (χ0n) is 16.5. The molecule has 5 rings (SSSR count). The Bertz CT molecular complexity index is 1360. The van der Waals surface area contributed by atoms with E-state index >= 15 is 0 Å². The van der Waals surface area contributed by atoms with Gasteiger partial charge in [0.25, 0.3) is 0 Å². The molecule has 0 aliphatic heterocycles. The quantitative estimate of drug-likeness (QED) is 0.445. The number of ether oxygens (including phenoxy) is 1. The molecule has 0 aliphatic rings. The highest BCUT2D eigenvalue weighted by molar-refractivity contribution is 5.87. The summed E-state index contributed by atoms with van der Waals surface area (Å²) >= 11 is 0. The lowest BCUT2D eigenvalue weighted by Crippen LogP contribution is -1.96. The summed E-state index contributed by atoms with van der Waals surface area (Å²) in [6, 6.07) is 24.1. The number of hydrogen-bond donors (Lipinski definition) is 2. The Morgan fingerprint density at radius 1 is 0.903 bits per heavy atom. The predicted molar refractivity (Wildman–Crippen MR) is 118 cm³/mol. The van der Waals surface area contributed by atoms with Crippen LogP contribution in [-0.2, 0) is 6.54 Å². The molecule has 7 nitrogen and oxygen atoms in total. The van der Waals surface area contributed by atoms with Crippen molar-refractivity contribution in [3.8, 4) is 34.3 Å². The number of benzene rings is 3. The number of hydrogen-bond acceptors (Lipinski definition) is 6. The summed E-state index contributed by atoms with van der Waals surface area (Å²) in [5.41, 5.74) is 9.69. The van der Waals surface area contributed by atoms with Gasteiger partial charge in [-0.25, -0.2) is 9.67 Å². The molecule has 0 aliphatic carbocycles. The number of aromatic nitrogens is 4. The van der Waals surface area contributed by atoms with Crippen molar-refractivity contribution in [2.24, 2.45) is 5.73 Å². The second kappa shape index (κ2) is 7.89. The number of nitrogens with two attached hydrogens (primary N) is 1. The molecular formula is C24H19N5O2. The molecule has 0 spiro atoms. The van der Waals surface area contributed by atoms with Gasteiger partial charge < -0.3 is 15.6 Å². The summed E-state index contributed by atoms with van der Waals surface area (Å²) in [5.74, 6) is 1.66. The zero-order valence-corrected chi connectivity index (χ0v) is 16.5. The largest absolute Gasteiger partial charge is 0.508 e. The molecule has 0 saturated carbocycles. The fourth-order valence-electron chi connectivity index (χ4n) is 3.33. The average molecular weight is 409 g/mol. The van der Waals surface area contributed by atoms with E-state index in [0.29, 0.717) is 17.9 Å². The smallest absolute Gasteiger partial charge is 0.136 e. The fraction of sp³-hybridized carbons (Fsp3) is 0.0417. The second-order valence-electron chi connectivity index (χ2n) is 7.04. The van der Waals surface area contributed by atoms with E-state index in [2.05, 4.69) is 10.3 Å². The van der Waals surface area contributed by atoms with Gasteiger partial charge in [0, 0.05) is 11.9 Å². The van der Waals surface area contributed by atoms with Gasteiger partial charge in [0.15, 0.2) is 0 Å². The van der Waals surface area contributed by atoms with Gasteiger partial charge in [0.1, 0.15) is 22.9 Å². The van der Waals surface area contributed by atoms with Crippen molar-refractivity contribution in [3.63, 3.8) is 0 Å². The number of phenolic OH excluding ortho intramolecular Hbond substituents is 1. The summed E-state index contributed by atoms with van der Waals surface area (Å²) in [6.45, 7) is 0.461. The number of phenols is 1. The number of aromatic hydroxyl groups is 1. The molecule has 0 bridgehead atoms. The lowest BCUT2D eigenvalue weighted by Gasteiger charge is -2.10. The van der Waals surface area contributed by atoms with Gasteiger partial charge in [-0.3, -0.25) is 0 Å². The molecule has 31 heavy (non-hydrogen) atoms. The highest BCUT2D eigenvalue weighted by Crippen LogP contribution is 2.31. The first kappa shape index (κ1) is 18.8. The molecule has 3 N–H and O–H groups in total. The Hall–Kier alpha value is -4.23. The van der Waals surface area contributed by atoms with Gasteiger partial charge in [0.2, 0.25) is 0 Å². The van der Waals surface area contributed by atoms with Crippen LogP contribution in [-0.4, -0.2) is 25.1 Å². The number of fused-ring (bicyclic) bond motifs is 1. The van der Waals surface area contributed by atoms with Crippen LogP contribution in [0.2, 0.25) is 0 Å². The minimum Gasteiger partial charge on any atom is -0.508 e. The van der Waals surface area contributed by atoms with Crippen LogP contribution in [0.3, 0.4) is 0 Å². The number of nitrogens with zero attached hydrogens (tertiary/aromatic N) is 4. The van der Waals surface area contributed by atoms with Crippen LogP contribution < -0.4 is 10.5 Å². The number of pyridine rings is 1. The Kier molecular flexibility index (Phi) is 4.78. The van der Waals surface area contributed by atoms with Gasteiger partial charge in [0.05, 0.1) is 23.1 Å². The van der Waals surface area contributed by atoms with E-state index in [1.165, 1.54) is 0 Å². The van der Waals surface area contributed by atoms with Gasteiger partial charge in [-0.2, -0.15) is 0 Å². The van der Waals surface area contributed by atoms with E-state index in [1.807, 2.05) is 54.6 Å². The highest BCUT2D eigenvalue weighted by Gasteiger charge is 2.10. The second-order valence-corrected chi connectivity index (χ2v) is 7.04. The van der Waals surface area contributed by atoms with Crippen LogP contribution in [0.4, 0.5) is 0 Å². The van der Waals surface area contributed by atoms with Gasteiger partial charge in [-0.1, -0.05) is 23.4 Å². The van der Waals surface area contributed by atoms with E-state index in [4.69, 9.17) is 15.5 Å². The van der Waals surface area contributed by atoms with Gasteiger partial charge >= 0.3 is 0 Å². The number of rotatable bonds is 5. The minimum atomic E-state index is 0.202. The third-order valence-corrected chi connectivity index (χ3v) is 4.92. The molecule has 0 unspecified atom stereocenters. The summed E-state index contributed by atoms with van der Waals surface area (Å²) in [5, 5.41) is 18.8. The van der Waals surface area contributed by atoms with Crippen LogP contribution in [0.5, 0.6) is 17.2 Å². The van der Waals surface area contributed by atoms with E-state index < -0.39 is 0 Å². The summed E-state index contributed by atoms with van der Waals surface area (Å²) in [7, 11) is 0. The first-order chi connectivity index (χ1) is 15.2. The van der Waals surface area contributed by atoms with E-state index in [-0.39, 0.29) is 5.75 Å². The van der Waals surface area contributed by atoms with Crippen molar-refractivity contribution in [3.05, 3.63) is 90.6 Å². The molecule has 3 aromatic carbocycles. The lowest BCUT2D eigenvalue weighted by molar-refractivity contribution is 0.475. The maximum Gasteiger partial charge on any atom is 0.136 e. The Morgan fingerprint density at radius 2 is 1.74 bits per heavy atom. The molecule has 0 saturated heterocycles. The van der Waals surface area contributed by atoms with E-state index in [9.17, 15) is 5.11 Å². The normalized spacial score (nSPS) is 11.0. The Morgan fingerprint density at radius 3 is 2.58 bits per heavy atom. The molecule has 0 atom stereocenters. The maximum absolute atomic E-state index is 9.46. The van der Waals surface area contributed by atoms with Crippen LogP contribution >= 0.6 is 0 Å². The molecule has 0 amide bonds. The topological polar surface area (TPSA) is 99.1 Å². The van der Waals surface area contributed by atoms with Gasteiger partial charge in [-0.15, -0.1) is 5.10 Å². The molecule has 2 aromatic heterocycles. The van der Waals surface area contributed by atoms with Crippen molar-refractivity contribution in [1.29, 1.82) is 0 Å². The van der Waals surface area contributed by atoms with E-state index in [0.717, 1.165) is 33.7 Å². The standard InChI is InChI=1S/C24H19N5O2/c25-14-16-3-1-4-19(13-16)31-24-6-2-5-21-20(24)11-12-22(26-21)23-15-29(28-27-23)17-7-9-18(30)10-8-17/h1-13,15,30H,14,25H2. The van der Waals surface area contributed by atoms with E-state index in [1.54, 1.807) is 35.1 Å². The van der Waals surface area contributed by atoms with Crippen molar-refractivity contribution in [2.75, 3.05) is 0 Å². The summed E-state index contributed by atoms with van der Waals surface area (Å²) < 4.78 is 7.75. The maximum atomic E-state index is 9.46. The van der Waals surface area contributed by atoms with Crippen molar-refractivity contribution >= 4 is 10.9 Å². The van der Waals surface area contributed by atoms with Crippen LogP contribution in [0.15, 0.2) is 85.1 Å². The lowest BCUT2D eigenvalue weighted by atomic mass is 10.1. The third-order valence-electron chi connectivity index (χ3n) is 4.92. The molecule has 7 heteroatoms. The first-order valence-electron chi connectivity index (χ1n) is 9.78. The van der Waals surface area contributed by atoms with Gasteiger partial charge in [-0.05, 0) is 66.2 Å². The molecule has 0 radical (unpaired) electrons. The summed E-state index contributed by atoms with van der Waals surface area (Å²) in [6.07, 6.45) is 1.80. The fourth-order valence-corrected chi connectivity index (χ4v) is 3.33. The predicted octanol–water partition coefficient (Wildman–Crippen LogP) is 4.44.